The highest BCUT2D eigenvalue weighted by Crippen LogP contribution is 2.21. The second-order valence-corrected chi connectivity index (χ2v) is 6.33. The van der Waals surface area contributed by atoms with Crippen molar-refractivity contribution in [1.82, 2.24) is 9.72 Å². The van der Waals surface area contributed by atoms with Crippen LogP contribution < -0.4 is 10.3 Å². The summed E-state index contributed by atoms with van der Waals surface area (Å²) in [6.07, 6.45) is 2.27. The first-order valence-corrected chi connectivity index (χ1v) is 7.99. The number of nitrogens with one attached hydrogen (secondary N) is 1. The van der Waals surface area contributed by atoms with Gasteiger partial charge in [0.15, 0.2) is 10.7 Å². The molecule has 0 saturated carbocycles. The van der Waals surface area contributed by atoms with Crippen molar-refractivity contribution < 1.29 is 12.9 Å². The smallest absolute Gasteiger partial charge is 0.267 e. The second kappa shape index (κ2) is 5.72. The standard InChI is InChI=1S/C13H17N3O4S/c1-4-7-16-8-11(5-6-12(16)17)15-21(18,19)13-9(2)14-20-10(13)3/h5-6,8,15H,4,7H2,1-3H3. The van der Waals surface area contributed by atoms with Crippen LogP contribution in [0.25, 0.3) is 0 Å². The fourth-order valence-corrected chi connectivity index (χ4v) is 3.45. The highest BCUT2D eigenvalue weighted by Gasteiger charge is 2.24. The van der Waals surface area contributed by atoms with Crippen LogP contribution in [0.15, 0.2) is 32.5 Å². The van der Waals surface area contributed by atoms with Gasteiger partial charge in [-0.05, 0) is 26.3 Å². The van der Waals surface area contributed by atoms with Crippen LogP contribution in [0.3, 0.4) is 0 Å². The quantitative estimate of drug-likeness (QED) is 0.906. The number of aryl methyl sites for hydroxylation is 3. The van der Waals surface area contributed by atoms with Crippen LogP contribution in [0, 0.1) is 13.8 Å². The van der Waals surface area contributed by atoms with Gasteiger partial charge >= 0.3 is 0 Å². The minimum absolute atomic E-state index is 0.0238. The van der Waals surface area contributed by atoms with E-state index in [1.807, 2.05) is 6.92 Å². The van der Waals surface area contributed by atoms with Crippen LogP contribution in [0.4, 0.5) is 5.69 Å². The van der Waals surface area contributed by atoms with Gasteiger partial charge in [-0.3, -0.25) is 9.52 Å². The Bertz CT molecular complexity index is 786. The summed E-state index contributed by atoms with van der Waals surface area (Å²) in [5, 5.41) is 3.64. The molecule has 0 radical (unpaired) electrons. The molecule has 0 aliphatic carbocycles. The number of hydrogen-bond acceptors (Lipinski definition) is 5. The van der Waals surface area contributed by atoms with E-state index in [9.17, 15) is 13.2 Å². The van der Waals surface area contributed by atoms with Gasteiger partial charge in [-0.15, -0.1) is 0 Å². The Morgan fingerprint density at radius 1 is 1.33 bits per heavy atom. The maximum Gasteiger partial charge on any atom is 0.267 e. The maximum atomic E-state index is 12.4. The Morgan fingerprint density at radius 3 is 2.62 bits per heavy atom. The van der Waals surface area contributed by atoms with Crippen LogP contribution >= 0.6 is 0 Å². The summed E-state index contributed by atoms with van der Waals surface area (Å²) in [6.45, 7) is 5.56. The monoisotopic (exact) mass is 311 g/mol. The van der Waals surface area contributed by atoms with Gasteiger partial charge in [-0.1, -0.05) is 12.1 Å². The molecule has 0 bridgehead atoms. The largest absolute Gasteiger partial charge is 0.360 e. The zero-order chi connectivity index (χ0) is 15.6. The van der Waals surface area contributed by atoms with E-state index < -0.39 is 10.0 Å². The molecule has 2 heterocycles. The predicted octanol–water partition coefficient (Wildman–Crippen LogP) is 1.66. The zero-order valence-corrected chi connectivity index (χ0v) is 12.9. The lowest BCUT2D eigenvalue weighted by Crippen LogP contribution is -2.21. The molecule has 2 rings (SSSR count). The summed E-state index contributed by atoms with van der Waals surface area (Å²) >= 11 is 0. The molecular weight excluding hydrogens is 294 g/mol. The van der Waals surface area contributed by atoms with Gasteiger partial charge in [0, 0.05) is 18.8 Å². The molecule has 2 aromatic heterocycles. The average molecular weight is 311 g/mol. The van der Waals surface area contributed by atoms with Crippen molar-refractivity contribution in [3.05, 3.63) is 40.1 Å². The van der Waals surface area contributed by atoms with Crippen molar-refractivity contribution in [2.24, 2.45) is 0 Å². The van der Waals surface area contributed by atoms with Crippen LogP contribution in [0.1, 0.15) is 24.8 Å². The number of hydrogen-bond donors (Lipinski definition) is 1. The van der Waals surface area contributed by atoms with Gasteiger partial charge in [0.1, 0.15) is 5.69 Å². The third kappa shape index (κ3) is 3.15. The van der Waals surface area contributed by atoms with E-state index in [-0.39, 0.29) is 16.2 Å². The minimum Gasteiger partial charge on any atom is -0.360 e. The highest BCUT2D eigenvalue weighted by atomic mass is 32.2. The fraction of sp³-hybridized carbons (Fsp3) is 0.385. The molecule has 0 atom stereocenters. The number of sulfonamides is 1. The Balaban J connectivity index is 2.38. The van der Waals surface area contributed by atoms with Crippen molar-refractivity contribution in [2.75, 3.05) is 4.72 Å². The van der Waals surface area contributed by atoms with E-state index in [4.69, 9.17) is 4.52 Å². The molecule has 21 heavy (non-hydrogen) atoms. The van der Waals surface area contributed by atoms with Gasteiger partial charge in [0.05, 0.1) is 5.69 Å². The van der Waals surface area contributed by atoms with Crippen molar-refractivity contribution >= 4 is 15.7 Å². The summed E-state index contributed by atoms with van der Waals surface area (Å²) in [5.41, 5.74) is 0.446. The van der Waals surface area contributed by atoms with Crippen LogP contribution in [-0.4, -0.2) is 18.1 Å². The number of rotatable bonds is 5. The number of anilines is 1. The Hall–Kier alpha value is -2.09. The van der Waals surface area contributed by atoms with Gasteiger partial charge < -0.3 is 9.09 Å². The van der Waals surface area contributed by atoms with E-state index >= 15 is 0 Å². The van der Waals surface area contributed by atoms with E-state index in [1.54, 1.807) is 6.92 Å². The van der Waals surface area contributed by atoms with Crippen LogP contribution in [0.2, 0.25) is 0 Å². The summed E-state index contributed by atoms with van der Waals surface area (Å²) in [4.78, 5) is 11.6. The fourth-order valence-electron chi connectivity index (χ4n) is 2.07. The third-order valence-corrected chi connectivity index (χ3v) is 4.56. The van der Waals surface area contributed by atoms with E-state index in [0.717, 1.165) is 6.42 Å². The molecule has 0 aliphatic heterocycles. The first-order chi connectivity index (χ1) is 9.85. The lowest BCUT2D eigenvalue weighted by Gasteiger charge is -2.10. The zero-order valence-electron chi connectivity index (χ0n) is 12.1. The van der Waals surface area contributed by atoms with Crippen LogP contribution in [-0.2, 0) is 16.6 Å². The lowest BCUT2D eigenvalue weighted by molar-refractivity contribution is 0.390. The number of aromatic nitrogens is 2. The molecule has 0 fully saturated rings. The highest BCUT2D eigenvalue weighted by molar-refractivity contribution is 7.92. The minimum atomic E-state index is -3.80. The van der Waals surface area contributed by atoms with Gasteiger partial charge in [-0.2, -0.15) is 0 Å². The molecule has 114 valence electrons. The molecule has 0 amide bonds. The van der Waals surface area contributed by atoms with Gasteiger partial charge in [0.2, 0.25) is 0 Å². The van der Waals surface area contributed by atoms with Gasteiger partial charge in [0.25, 0.3) is 15.6 Å². The molecule has 0 saturated heterocycles. The average Bonchev–Trinajstić information content (AvgIpc) is 2.74. The molecule has 1 N–H and O–H groups in total. The Labute approximate surface area is 122 Å². The molecule has 8 heteroatoms. The third-order valence-electron chi connectivity index (χ3n) is 2.94. The molecule has 7 nitrogen and oxygen atoms in total. The van der Waals surface area contributed by atoms with Crippen molar-refractivity contribution in [3.63, 3.8) is 0 Å². The van der Waals surface area contributed by atoms with Crippen LogP contribution in [0.5, 0.6) is 0 Å². The summed E-state index contributed by atoms with van der Waals surface area (Å²) in [7, 11) is -3.80. The molecule has 0 aliphatic rings. The molecule has 0 spiro atoms. The Morgan fingerprint density at radius 2 is 2.05 bits per heavy atom. The molecule has 2 aromatic rings. The first kappa shape index (κ1) is 15.3. The molecule has 0 aromatic carbocycles. The number of nitrogens with zero attached hydrogens (tertiary/aromatic N) is 2. The van der Waals surface area contributed by atoms with Crippen molar-refractivity contribution in [2.45, 2.75) is 38.6 Å². The van der Waals surface area contributed by atoms with Crippen molar-refractivity contribution in [3.8, 4) is 0 Å². The number of pyridine rings is 1. The molecule has 0 unspecified atom stereocenters. The summed E-state index contributed by atoms with van der Waals surface area (Å²) in [5.74, 6) is 0.224. The maximum absolute atomic E-state index is 12.4. The van der Waals surface area contributed by atoms with Gasteiger partial charge in [-0.25, -0.2) is 8.42 Å². The summed E-state index contributed by atoms with van der Waals surface area (Å²) < 4.78 is 33.5. The predicted molar refractivity (Wildman–Crippen MR) is 77.8 cm³/mol. The Kier molecular flexibility index (Phi) is 4.17. The first-order valence-electron chi connectivity index (χ1n) is 6.51. The normalized spacial score (nSPS) is 11.6. The second-order valence-electron chi connectivity index (χ2n) is 4.71. The van der Waals surface area contributed by atoms with E-state index in [2.05, 4.69) is 9.88 Å². The summed E-state index contributed by atoms with van der Waals surface area (Å²) in [6, 6.07) is 2.77. The van der Waals surface area contributed by atoms with E-state index in [1.165, 1.54) is 29.8 Å². The van der Waals surface area contributed by atoms with Crippen molar-refractivity contribution in [1.29, 1.82) is 0 Å². The SMILES string of the molecule is CCCn1cc(NS(=O)(=O)c2c(C)noc2C)ccc1=O. The van der Waals surface area contributed by atoms with E-state index in [0.29, 0.717) is 17.9 Å². The topological polar surface area (TPSA) is 94.2 Å². The lowest BCUT2D eigenvalue weighted by atomic mass is 10.4. The molecular formula is C13H17N3O4S.